The summed E-state index contributed by atoms with van der Waals surface area (Å²) in [7, 11) is 0. The van der Waals surface area contributed by atoms with Crippen LogP contribution in [0.1, 0.15) is 12.7 Å². The van der Waals surface area contributed by atoms with E-state index in [0.717, 1.165) is 11.8 Å². The van der Waals surface area contributed by atoms with Crippen LogP contribution in [0.15, 0.2) is 51.0 Å². The predicted molar refractivity (Wildman–Crippen MR) is 93.3 cm³/mol. The summed E-state index contributed by atoms with van der Waals surface area (Å²) in [4.78, 5) is 28.7. The van der Waals surface area contributed by atoms with Crippen molar-refractivity contribution in [3.63, 3.8) is 0 Å². The lowest BCUT2D eigenvalue weighted by Crippen LogP contribution is -2.27. The molecule has 1 aromatic carbocycles. The first-order chi connectivity index (χ1) is 11.5. The third-order valence-electron chi connectivity index (χ3n) is 3.46. The van der Waals surface area contributed by atoms with Gasteiger partial charge in [-0.05, 0) is 37.3 Å². The number of fused-ring (bicyclic) bond motifs is 1. The van der Waals surface area contributed by atoms with E-state index in [4.69, 9.17) is 21.8 Å². The molecule has 1 amide bonds. The summed E-state index contributed by atoms with van der Waals surface area (Å²) in [6.07, 6.45) is 1.54. The number of primary amides is 1. The Morgan fingerprint density at radius 3 is 2.92 bits per heavy atom. The predicted octanol–water partition coefficient (Wildman–Crippen LogP) is 2.66. The summed E-state index contributed by atoms with van der Waals surface area (Å²) in [6, 6.07) is 8.41. The average molecular weight is 364 g/mol. The van der Waals surface area contributed by atoms with Crippen molar-refractivity contribution in [2.24, 2.45) is 5.73 Å². The van der Waals surface area contributed by atoms with Crippen molar-refractivity contribution in [3.8, 4) is 0 Å². The topological polar surface area (TPSA) is 91.1 Å². The Labute approximate surface area is 146 Å². The number of amides is 1. The fourth-order valence-electron chi connectivity index (χ4n) is 2.18. The second kappa shape index (κ2) is 6.70. The van der Waals surface area contributed by atoms with E-state index in [1.54, 1.807) is 37.3 Å². The second-order valence-corrected chi connectivity index (χ2v) is 6.93. The zero-order chi connectivity index (χ0) is 17.3. The van der Waals surface area contributed by atoms with Gasteiger partial charge in [-0.3, -0.25) is 14.2 Å². The number of halogens is 1. The monoisotopic (exact) mass is 363 g/mol. The number of aromatic nitrogens is 2. The molecule has 3 aromatic rings. The summed E-state index contributed by atoms with van der Waals surface area (Å²) < 4.78 is 6.79. The second-order valence-electron chi connectivity index (χ2n) is 5.19. The van der Waals surface area contributed by atoms with Crippen molar-refractivity contribution < 1.29 is 9.21 Å². The maximum Gasteiger partial charge on any atom is 0.262 e. The van der Waals surface area contributed by atoms with Gasteiger partial charge in [0, 0.05) is 5.02 Å². The number of nitrogens with two attached hydrogens (primary N) is 1. The SMILES string of the molecule is CC(Sc1nc2cc(Cl)ccc2c(=O)n1Cc1ccco1)C(N)=O. The first-order valence-electron chi connectivity index (χ1n) is 7.14. The van der Waals surface area contributed by atoms with Gasteiger partial charge in [-0.1, -0.05) is 23.4 Å². The molecule has 0 spiro atoms. The molecule has 8 heteroatoms. The molecule has 0 saturated carbocycles. The lowest BCUT2D eigenvalue weighted by atomic mass is 10.2. The minimum atomic E-state index is -0.531. The van der Waals surface area contributed by atoms with Gasteiger partial charge < -0.3 is 10.2 Å². The number of carbonyl (C=O) groups is 1. The van der Waals surface area contributed by atoms with E-state index >= 15 is 0 Å². The molecule has 3 rings (SSSR count). The fraction of sp³-hybridized carbons (Fsp3) is 0.188. The first kappa shape index (κ1) is 16.6. The van der Waals surface area contributed by atoms with E-state index in [-0.39, 0.29) is 12.1 Å². The molecule has 0 aliphatic heterocycles. The standard InChI is InChI=1S/C16H14ClN3O3S/c1-9(14(18)21)24-16-19-13-7-10(17)4-5-12(13)15(22)20(16)8-11-3-2-6-23-11/h2-7,9H,8H2,1H3,(H2,18,21). The van der Waals surface area contributed by atoms with E-state index in [9.17, 15) is 9.59 Å². The summed E-state index contributed by atoms with van der Waals surface area (Å²) in [6.45, 7) is 1.88. The third kappa shape index (κ3) is 3.32. The molecule has 2 aromatic heterocycles. The molecule has 2 N–H and O–H groups in total. The van der Waals surface area contributed by atoms with E-state index in [2.05, 4.69) is 4.98 Å². The number of nitrogens with zero attached hydrogens (tertiary/aromatic N) is 2. The van der Waals surface area contributed by atoms with Gasteiger partial charge in [0.05, 0.1) is 29.0 Å². The van der Waals surface area contributed by atoms with Gasteiger partial charge >= 0.3 is 0 Å². The Bertz CT molecular complexity index is 953. The quantitative estimate of drug-likeness (QED) is 0.555. The zero-order valence-electron chi connectivity index (χ0n) is 12.7. The molecule has 0 radical (unpaired) electrons. The molecule has 1 atom stereocenters. The van der Waals surface area contributed by atoms with E-state index in [0.29, 0.717) is 26.8 Å². The van der Waals surface area contributed by atoms with Crippen LogP contribution in [-0.4, -0.2) is 20.7 Å². The summed E-state index contributed by atoms with van der Waals surface area (Å²) in [5.41, 5.74) is 5.58. The Morgan fingerprint density at radius 2 is 2.25 bits per heavy atom. The number of rotatable bonds is 5. The van der Waals surface area contributed by atoms with Gasteiger partial charge in [-0.15, -0.1) is 0 Å². The maximum atomic E-state index is 12.8. The molecule has 2 heterocycles. The highest BCUT2D eigenvalue weighted by molar-refractivity contribution is 8.00. The van der Waals surface area contributed by atoms with Crippen LogP contribution in [0.3, 0.4) is 0 Å². The normalized spacial score (nSPS) is 12.4. The van der Waals surface area contributed by atoms with Crippen LogP contribution in [0.4, 0.5) is 0 Å². The van der Waals surface area contributed by atoms with Crippen LogP contribution >= 0.6 is 23.4 Å². The van der Waals surface area contributed by atoms with Crippen molar-refractivity contribution in [3.05, 3.63) is 57.7 Å². The number of thioether (sulfide) groups is 1. The van der Waals surface area contributed by atoms with Gasteiger partial charge in [-0.2, -0.15) is 0 Å². The molecular formula is C16H14ClN3O3S. The Hall–Kier alpha value is -2.25. The number of carbonyl (C=O) groups excluding carboxylic acids is 1. The molecule has 1 unspecified atom stereocenters. The highest BCUT2D eigenvalue weighted by Crippen LogP contribution is 2.24. The van der Waals surface area contributed by atoms with Crippen LogP contribution in [0, 0.1) is 0 Å². The van der Waals surface area contributed by atoms with Crippen LogP contribution in [0.5, 0.6) is 0 Å². The Balaban J connectivity index is 2.17. The number of hydrogen-bond donors (Lipinski definition) is 1. The Morgan fingerprint density at radius 1 is 1.46 bits per heavy atom. The van der Waals surface area contributed by atoms with Gasteiger partial charge in [-0.25, -0.2) is 4.98 Å². The summed E-state index contributed by atoms with van der Waals surface area (Å²) in [5, 5.41) is 0.785. The lowest BCUT2D eigenvalue weighted by Gasteiger charge is -2.14. The number of furan rings is 1. The zero-order valence-corrected chi connectivity index (χ0v) is 14.3. The van der Waals surface area contributed by atoms with E-state index in [1.165, 1.54) is 10.8 Å². The van der Waals surface area contributed by atoms with Crippen molar-refractivity contribution in [1.82, 2.24) is 9.55 Å². The minimum absolute atomic E-state index is 0.214. The largest absolute Gasteiger partial charge is 0.467 e. The smallest absolute Gasteiger partial charge is 0.262 e. The van der Waals surface area contributed by atoms with Crippen LogP contribution in [-0.2, 0) is 11.3 Å². The van der Waals surface area contributed by atoms with Gasteiger partial charge in [0.1, 0.15) is 5.76 Å². The van der Waals surface area contributed by atoms with E-state index in [1.807, 2.05) is 0 Å². The molecule has 0 fully saturated rings. The molecule has 0 bridgehead atoms. The maximum absolute atomic E-state index is 12.8. The van der Waals surface area contributed by atoms with Crippen molar-refractivity contribution in [2.75, 3.05) is 0 Å². The van der Waals surface area contributed by atoms with Crippen molar-refractivity contribution in [1.29, 1.82) is 0 Å². The van der Waals surface area contributed by atoms with Gasteiger partial charge in [0.15, 0.2) is 5.16 Å². The van der Waals surface area contributed by atoms with Crippen molar-refractivity contribution >= 4 is 40.2 Å². The summed E-state index contributed by atoms with van der Waals surface area (Å²) in [5.74, 6) is 0.130. The molecule has 24 heavy (non-hydrogen) atoms. The fourth-order valence-corrected chi connectivity index (χ4v) is 3.20. The molecular weight excluding hydrogens is 350 g/mol. The highest BCUT2D eigenvalue weighted by atomic mass is 35.5. The molecule has 0 saturated heterocycles. The molecule has 124 valence electrons. The summed E-state index contributed by atoms with van der Waals surface area (Å²) >= 11 is 7.12. The number of hydrogen-bond acceptors (Lipinski definition) is 5. The molecule has 0 aliphatic rings. The van der Waals surface area contributed by atoms with E-state index < -0.39 is 11.2 Å². The minimum Gasteiger partial charge on any atom is -0.467 e. The molecule has 0 aliphatic carbocycles. The lowest BCUT2D eigenvalue weighted by molar-refractivity contribution is -0.117. The van der Waals surface area contributed by atoms with Crippen LogP contribution < -0.4 is 11.3 Å². The highest BCUT2D eigenvalue weighted by Gasteiger charge is 2.18. The van der Waals surface area contributed by atoms with Crippen LogP contribution in [0.25, 0.3) is 10.9 Å². The molecule has 6 nitrogen and oxygen atoms in total. The average Bonchev–Trinajstić information content (AvgIpc) is 3.03. The first-order valence-corrected chi connectivity index (χ1v) is 8.40. The van der Waals surface area contributed by atoms with Crippen molar-refractivity contribution in [2.45, 2.75) is 23.9 Å². The van der Waals surface area contributed by atoms with Crippen LogP contribution in [0.2, 0.25) is 5.02 Å². The van der Waals surface area contributed by atoms with Gasteiger partial charge in [0.2, 0.25) is 5.91 Å². The Kier molecular flexibility index (Phi) is 4.64. The van der Waals surface area contributed by atoms with Gasteiger partial charge in [0.25, 0.3) is 5.56 Å². The number of benzene rings is 1. The third-order valence-corrected chi connectivity index (χ3v) is 4.80.